The number of carbonyl (C=O) groups is 4. The molecule has 0 radical (unpaired) electrons. The number of imide groups is 1. The second kappa shape index (κ2) is 9.04. The lowest BCUT2D eigenvalue weighted by molar-refractivity contribution is -0.139. The zero-order valence-corrected chi connectivity index (χ0v) is 21.0. The van der Waals surface area contributed by atoms with Crippen molar-refractivity contribution < 1.29 is 23.9 Å². The second-order valence-electron chi connectivity index (χ2n) is 10.3. The average Bonchev–Trinajstić information content (AvgIpc) is 3.33. The quantitative estimate of drug-likeness (QED) is 0.277. The zero-order valence-electron chi connectivity index (χ0n) is 21.0. The maximum absolute atomic E-state index is 13.1. The molecule has 0 spiro atoms. The molecule has 0 aromatic heterocycles. The van der Waals surface area contributed by atoms with Gasteiger partial charge in [0, 0.05) is 18.7 Å². The third-order valence-electron chi connectivity index (χ3n) is 7.56. The number of aryl methyl sites for hydroxylation is 3. The number of fused-ring (bicyclic) bond motifs is 1. The third kappa shape index (κ3) is 4.12. The number of ether oxygens (including phenoxy) is 1. The van der Waals surface area contributed by atoms with Crippen molar-refractivity contribution >= 4 is 35.1 Å². The normalized spacial score (nSPS) is 23.7. The lowest BCUT2D eigenvalue weighted by Crippen LogP contribution is -2.31. The van der Waals surface area contributed by atoms with Crippen molar-refractivity contribution in [2.24, 2.45) is 17.8 Å². The molecule has 2 heterocycles. The Morgan fingerprint density at radius 1 is 0.861 bits per heavy atom. The van der Waals surface area contributed by atoms with Crippen LogP contribution in [0.15, 0.2) is 48.0 Å². The Morgan fingerprint density at radius 2 is 1.61 bits per heavy atom. The second-order valence-corrected chi connectivity index (χ2v) is 10.3. The van der Waals surface area contributed by atoms with Crippen LogP contribution >= 0.6 is 0 Å². The highest BCUT2D eigenvalue weighted by Gasteiger charge is 2.49. The Kier molecular flexibility index (Phi) is 6.02. The predicted octanol–water partition coefficient (Wildman–Crippen LogP) is 4.42. The van der Waals surface area contributed by atoms with E-state index in [4.69, 9.17) is 4.74 Å². The van der Waals surface area contributed by atoms with Gasteiger partial charge in [-0.3, -0.25) is 19.2 Å². The summed E-state index contributed by atoms with van der Waals surface area (Å²) in [7, 11) is 0. The Morgan fingerprint density at radius 3 is 2.36 bits per heavy atom. The van der Waals surface area contributed by atoms with E-state index in [0.717, 1.165) is 22.4 Å². The van der Waals surface area contributed by atoms with E-state index in [1.54, 1.807) is 30.0 Å². The first kappa shape index (κ1) is 24.0. The summed E-state index contributed by atoms with van der Waals surface area (Å²) in [5, 5.41) is 0. The van der Waals surface area contributed by atoms with Gasteiger partial charge in [-0.05, 0) is 81.5 Å². The fraction of sp³-hybridized carbons (Fsp3) is 0.379. The molecule has 3 aliphatic rings. The van der Waals surface area contributed by atoms with Crippen molar-refractivity contribution in [2.45, 2.75) is 47.0 Å². The molecule has 3 amide bonds. The topological polar surface area (TPSA) is 84.0 Å². The number of amides is 3. The molecule has 2 aromatic rings. The summed E-state index contributed by atoms with van der Waals surface area (Å²) in [6, 6.07) is 10.8. The summed E-state index contributed by atoms with van der Waals surface area (Å²) in [4.78, 5) is 54.6. The highest BCUT2D eigenvalue weighted by Crippen LogP contribution is 2.41. The summed E-state index contributed by atoms with van der Waals surface area (Å²) in [6.07, 6.45) is 3.34. The summed E-state index contributed by atoms with van der Waals surface area (Å²) in [5.41, 5.74) is 5.18. The summed E-state index contributed by atoms with van der Waals surface area (Å²) >= 11 is 0. The van der Waals surface area contributed by atoms with E-state index in [9.17, 15) is 19.2 Å². The molecule has 0 saturated carbocycles. The van der Waals surface area contributed by atoms with Crippen LogP contribution in [-0.2, 0) is 19.2 Å². The van der Waals surface area contributed by atoms with Gasteiger partial charge in [-0.25, -0.2) is 4.90 Å². The zero-order chi connectivity index (χ0) is 25.7. The molecule has 36 heavy (non-hydrogen) atoms. The van der Waals surface area contributed by atoms with Crippen molar-refractivity contribution in [3.63, 3.8) is 0 Å². The van der Waals surface area contributed by atoms with E-state index in [1.807, 2.05) is 45.0 Å². The number of hydrogen-bond donors (Lipinski definition) is 0. The van der Waals surface area contributed by atoms with E-state index in [2.05, 4.69) is 0 Å². The van der Waals surface area contributed by atoms with Crippen LogP contribution in [0.3, 0.4) is 0 Å². The molecule has 2 fully saturated rings. The Labute approximate surface area is 210 Å². The molecule has 2 saturated heterocycles. The fourth-order valence-corrected chi connectivity index (χ4v) is 5.53. The van der Waals surface area contributed by atoms with Crippen LogP contribution in [0.25, 0.3) is 0 Å². The molecule has 2 aliphatic heterocycles. The SMILES string of the molecule is CC1=CC[C@@H]2C(=O)N(c3ccc(OC(=O)[C@H]4CC(=O)N(c5cc(C)ccc5C)C4)cc3C)C(=O)[C@H]2C1. The largest absolute Gasteiger partial charge is 0.426 e. The van der Waals surface area contributed by atoms with Crippen molar-refractivity contribution in [2.75, 3.05) is 16.3 Å². The highest BCUT2D eigenvalue weighted by molar-refractivity contribution is 6.22. The number of nitrogens with zero attached hydrogens (tertiary/aromatic N) is 2. The number of allylic oxidation sites excluding steroid dienone is 2. The molecular weight excluding hydrogens is 456 g/mol. The Hall–Kier alpha value is -3.74. The van der Waals surface area contributed by atoms with E-state index < -0.39 is 11.9 Å². The van der Waals surface area contributed by atoms with Gasteiger partial charge in [0.15, 0.2) is 0 Å². The van der Waals surface area contributed by atoms with Crippen LogP contribution in [0.5, 0.6) is 5.75 Å². The Balaban J connectivity index is 1.29. The molecule has 0 bridgehead atoms. The minimum absolute atomic E-state index is 0.0935. The third-order valence-corrected chi connectivity index (χ3v) is 7.56. The van der Waals surface area contributed by atoms with Gasteiger partial charge in [0.25, 0.3) is 0 Å². The first-order chi connectivity index (χ1) is 17.1. The van der Waals surface area contributed by atoms with Crippen LogP contribution in [0.1, 0.15) is 42.9 Å². The minimum atomic E-state index is -0.571. The molecular formula is C29H30N2O5. The van der Waals surface area contributed by atoms with Crippen LogP contribution in [0.2, 0.25) is 0 Å². The van der Waals surface area contributed by atoms with E-state index in [0.29, 0.717) is 29.8 Å². The predicted molar refractivity (Wildman–Crippen MR) is 136 cm³/mol. The number of esters is 1. The number of rotatable bonds is 4. The first-order valence-electron chi connectivity index (χ1n) is 12.4. The van der Waals surface area contributed by atoms with Gasteiger partial charge in [-0.2, -0.15) is 0 Å². The van der Waals surface area contributed by atoms with Crippen molar-refractivity contribution in [1.29, 1.82) is 0 Å². The van der Waals surface area contributed by atoms with Crippen LogP contribution in [-0.4, -0.2) is 30.2 Å². The van der Waals surface area contributed by atoms with Gasteiger partial charge in [0.2, 0.25) is 17.7 Å². The van der Waals surface area contributed by atoms with Gasteiger partial charge in [-0.15, -0.1) is 0 Å². The van der Waals surface area contributed by atoms with Crippen molar-refractivity contribution in [1.82, 2.24) is 0 Å². The molecule has 0 unspecified atom stereocenters. The van der Waals surface area contributed by atoms with Gasteiger partial charge in [0.1, 0.15) is 5.75 Å². The standard InChI is InChI=1S/C29H30N2O5/c1-16-6-9-22-23(11-16)28(34)31(27(22)33)24-10-8-21(13-19(24)4)36-29(35)20-14-26(32)30(15-20)25-12-17(2)5-7-18(25)3/h5-8,10,12-13,20,22-23H,9,11,14-15H2,1-4H3/t20-,22-,23-/m0/s1. The molecule has 186 valence electrons. The van der Waals surface area contributed by atoms with Crippen LogP contribution in [0, 0.1) is 38.5 Å². The van der Waals surface area contributed by atoms with Gasteiger partial charge in [0.05, 0.1) is 23.4 Å². The first-order valence-corrected chi connectivity index (χ1v) is 12.4. The van der Waals surface area contributed by atoms with Crippen LogP contribution < -0.4 is 14.5 Å². The molecule has 1 aliphatic carbocycles. The van der Waals surface area contributed by atoms with E-state index >= 15 is 0 Å². The lowest BCUT2D eigenvalue weighted by atomic mass is 9.82. The molecule has 5 rings (SSSR count). The Bertz CT molecular complexity index is 1330. The summed E-state index contributed by atoms with van der Waals surface area (Å²) < 4.78 is 5.63. The number of carbonyl (C=O) groups excluding carboxylic acids is 4. The average molecular weight is 487 g/mol. The molecule has 2 aromatic carbocycles. The van der Waals surface area contributed by atoms with Gasteiger partial charge in [-0.1, -0.05) is 23.8 Å². The highest BCUT2D eigenvalue weighted by atomic mass is 16.5. The maximum Gasteiger partial charge on any atom is 0.316 e. The molecule has 7 heteroatoms. The van der Waals surface area contributed by atoms with Crippen molar-refractivity contribution in [3.05, 3.63) is 64.7 Å². The van der Waals surface area contributed by atoms with Gasteiger partial charge >= 0.3 is 5.97 Å². The summed E-state index contributed by atoms with van der Waals surface area (Å²) in [5.74, 6) is -1.76. The maximum atomic E-state index is 13.1. The van der Waals surface area contributed by atoms with E-state index in [-0.39, 0.29) is 42.5 Å². The van der Waals surface area contributed by atoms with E-state index in [1.165, 1.54) is 4.90 Å². The molecule has 3 atom stereocenters. The number of hydrogen-bond acceptors (Lipinski definition) is 5. The summed E-state index contributed by atoms with van der Waals surface area (Å²) in [6.45, 7) is 7.97. The number of anilines is 2. The lowest BCUT2D eigenvalue weighted by Gasteiger charge is -2.20. The number of benzene rings is 2. The monoisotopic (exact) mass is 486 g/mol. The minimum Gasteiger partial charge on any atom is -0.426 e. The molecule has 7 nitrogen and oxygen atoms in total. The fourth-order valence-electron chi connectivity index (χ4n) is 5.53. The van der Waals surface area contributed by atoms with Gasteiger partial charge < -0.3 is 9.64 Å². The van der Waals surface area contributed by atoms with Crippen LogP contribution in [0.4, 0.5) is 11.4 Å². The van der Waals surface area contributed by atoms with Crippen molar-refractivity contribution in [3.8, 4) is 5.75 Å². The molecule has 0 N–H and O–H groups in total. The smallest absolute Gasteiger partial charge is 0.316 e.